The lowest BCUT2D eigenvalue weighted by Crippen LogP contribution is -2.11. The van der Waals surface area contributed by atoms with Crippen molar-refractivity contribution < 1.29 is 28.8 Å². The van der Waals surface area contributed by atoms with Crippen LogP contribution in [0.3, 0.4) is 0 Å². The number of pyridine rings is 1. The molecule has 124 valence electrons. The summed E-state index contributed by atoms with van der Waals surface area (Å²) in [5, 5.41) is 13.7. The maximum atomic E-state index is 10.8. The molecule has 1 unspecified atom stereocenters. The Morgan fingerprint density at radius 2 is 2.23 bits per heavy atom. The zero-order valence-corrected chi connectivity index (χ0v) is 13.2. The van der Waals surface area contributed by atoms with Crippen LogP contribution in [-0.4, -0.2) is 38.7 Å². The Kier molecular flexibility index (Phi) is 6.92. The summed E-state index contributed by atoms with van der Waals surface area (Å²) in [6.45, 7) is 3.40. The largest absolute Gasteiger partial charge is 0.505 e. The van der Waals surface area contributed by atoms with Gasteiger partial charge in [0.05, 0.1) is 18.5 Å². The average Bonchev–Trinajstić information content (AvgIpc) is 2.42. The van der Waals surface area contributed by atoms with Gasteiger partial charge in [-0.1, -0.05) is 5.16 Å². The smallest absolute Gasteiger partial charge is 0.469 e. The normalized spacial score (nSPS) is 13.5. The Balaban J connectivity index is 2.92. The zero-order chi connectivity index (χ0) is 16.8. The first-order valence-corrected chi connectivity index (χ1v) is 8.04. The molecule has 5 N–H and O–H groups in total. The van der Waals surface area contributed by atoms with Gasteiger partial charge in [-0.2, -0.15) is 0 Å². The quantitative estimate of drug-likeness (QED) is 0.310. The van der Waals surface area contributed by atoms with Crippen LogP contribution in [0.1, 0.15) is 30.2 Å². The first-order valence-electron chi connectivity index (χ1n) is 6.51. The number of phosphoric acid groups is 1. The number of hydrogen-bond donors (Lipinski definition) is 4. The fourth-order valence-corrected chi connectivity index (χ4v) is 1.85. The third kappa shape index (κ3) is 6.08. The number of nitrogens with two attached hydrogens (primary N) is 1. The molecule has 0 saturated heterocycles. The Hall–Kier alpha value is -1.51. The van der Waals surface area contributed by atoms with E-state index in [2.05, 4.69) is 14.7 Å². The van der Waals surface area contributed by atoms with E-state index < -0.39 is 14.4 Å². The van der Waals surface area contributed by atoms with Gasteiger partial charge in [0.15, 0.2) is 0 Å². The lowest BCUT2D eigenvalue weighted by Gasteiger charge is -2.11. The van der Waals surface area contributed by atoms with Gasteiger partial charge in [-0.3, -0.25) is 9.51 Å². The third-order valence-electron chi connectivity index (χ3n) is 2.74. The van der Waals surface area contributed by atoms with Crippen LogP contribution in [0.15, 0.2) is 11.4 Å². The molecule has 22 heavy (non-hydrogen) atoms. The van der Waals surface area contributed by atoms with Crippen LogP contribution in [0.5, 0.6) is 5.75 Å². The Labute approximate surface area is 128 Å². The van der Waals surface area contributed by atoms with Gasteiger partial charge in [0.1, 0.15) is 11.9 Å². The van der Waals surface area contributed by atoms with E-state index in [0.29, 0.717) is 18.7 Å². The van der Waals surface area contributed by atoms with Crippen molar-refractivity contribution >= 4 is 14.0 Å². The van der Waals surface area contributed by atoms with Crippen molar-refractivity contribution in [3.05, 3.63) is 23.0 Å². The molecule has 9 nitrogen and oxygen atoms in total. The van der Waals surface area contributed by atoms with Crippen molar-refractivity contribution in [2.45, 2.75) is 33.0 Å². The average molecular weight is 333 g/mol. The minimum Gasteiger partial charge on any atom is -0.505 e. The molecule has 0 aliphatic heterocycles. The lowest BCUT2D eigenvalue weighted by atomic mass is 10.1. The van der Waals surface area contributed by atoms with Gasteiger partial charge in [0.25, 0.3) is 0 Å². The predicted molar refractivity (Wildman–Crippen MR) is 79.3 cm³/mol. The Morgan fingerprint density at radius 3 is 2.82 bits per heavy atom. The highest BCUT2D eigenvalue weighted by molar-refractivity contribution is 7.46. The topological polar surface area (TPSA) is 147 Å². The van der Waals surface area contributed by atoms with E-state index >= 15 is 0 Å². The van der Waals surface area contributed by atoms with E-state index in [1.165, 1.54) is 12.4 Å². The number of oxime groups is 1. The molecule has 1 aromatic rings. The highest BCUT2D eigenvalue weighted by Gasteiger charge is 2.17. The number of nitrogens with zero attached hydrogens (tertiary/aromatic N) is 2. The van der Waals surface area contributed by atoms with E-state index in [-0.39, 0.29) is 23.0 Å². The molecule has 1 rings (SSSR count). The van der Waals surface area contributed by atoms with E-state index in [4.69, 9.17) is 20.4 Å². The van der Waals surface area contributed by atoms with Crippen molar-refractivity contribution in [2.75, 3.05) is 6.54 Å². The highest BCUT2D eigenvalue weighted by Crippen LogP contribution is 2.37. The minimum atomic E-state index is -4.63. The van der Waals surface area contributed by atoms with Crippen LogP contribution in [0.2, 0.25) is 0 Å². The number of aromatic nitrogens is 1. The number of aryl methyl sites for hydroxylation is 1. The molecular formula is C12H20N3O6P. The first-order chi connectivity index (χ1) is 10.2. The van der Waals surface area contributed by atoms with E-state index in [1.807, 2.05) is 0 Å². The fraction of sp³-hybridized carbons (Fsp3) is 0.500. The fourth-order valence-electron chi connectivity index (χ4n) is 1.54. The summed E-state index contributed by atoms with van der Waals surface area (Å²) in [4.78, 5) is 26.5. The summed E-state index contributed by atoms with van der Waals surface area (Å²) in [5.41, 5.74) is 6.23. The SMILES string of the molecule is Cc1ncc(COP(=O)(O)O)c(/C=N/OC(C)CCN)c1O. The van der Waals surface area contributed by atoms with Crippen molar-refractivity contribution in [3.8, 4) is 5.75 Å². The molecule has 0 aliphatic carbocycles. The number of phosphoric ester groups is 1. The number of rotatable bonds is 8. The summed E-state index contributed by atoms with van der Waals surface area (Å²) in [7, 11) is -4.63. The van der Waals surface area contributed by atoms with Gasteiger partial charge < -0.3 is 25.5 Å². The van der Waals surface area contributed by atoms with E-state index in [0.717, 1.165) is 0 Å². The van der Waals surface area contributed by atoms with Crippen molar-refractivity contribution in [1.82, 2.24) is 4.98 Å². The highest BCUT2D eigenvalue weighted by atomic mass is 31.2. The van der Waals surface area contributed by atoms with Crippen LogP contribution in [0.25, 0.3) is 0 Å². The molecule has 0 amide bonds. The maximum absolute atomic E-state index is 10.8. The summed E-state index contributed by atoms with van der Waals surface area (Å²) < 4.78 is 15.2. The van der Waals surface area contributed by atoms with Crippen LogP contribution in [-0.2, 0) is 20.5 Å². The van der Waals surface area contributed by atoms with Gasteiger partial charge in [-0.15, -0.1) is 0 Å². The van der Waals surface area contributed by atoms with Crippen LogP contribution in [0.4, 0.5) is 0 Å². The van der Waals surface area contributed by atoms with Crippen molar-refractivity contribution in [1.29, 1.82) is 0 Å². The van der Waals surface area contributed by atoms with Gasteiger partial charge in [0, 0.05) is 17.3 Å². The molecule has 0 spiro atoms. The molecule has 0 aliphatic rings. The first kappa shape index (κ1) is 18.5. The molecule has 0 fully saturated rings. The van der Waals surface area contributed by atoms with Crippen LogP contribution < -0.4 is 5.73 Å². The molecule has 0 aromatic carbocycles. The number of hydrogen-bond acceptors (Lipinski definition) is 7. The monoisotopic (exact) mass is 333 g/mol. The summed E-state index contributed by atoms with van der Waals surface area (Å²) in [5.74, 6) is -0.161. The Morgan fingerprint density at radius 1 is 1.55 bits per heavy atom. The van der Waals surface area contributed by atoms with Crippen LogP contribution in [0, 0.1) is 6.92 Å². The van der Waals surface area contributed by atoms with Gasteiger partial charge in [-0.05, 0) is 26.8 Å². The molecule has 0 radical (unpaired) electrons. The summed E-state index contributed by atoms with van der Waals surface area (Å²) >= 11 is 0. The molecule has 1 aromatic heterocycles. The van der Waals surface area contributed by atoms with Gasteiger partial charge in [0.2, 0.25) is 0 Å². The van der Waals surface area contributed by atoms with E-state index in [1.54, 1.807) is 13.8 Å². The van der Waals surface area contributed by atoms with Gasteiger partial charge >= 0.3 is 7.82 Å². The number of aromatic hydroxyl groups is 1. The van der Waals surface area contributed by atoms with Gasteiger partial charge in [-0.25, -0.2) is 4.57 Å². The zero-order valence-electron chi connectivity index (χ0n) is 12.3. The molecule has 0 saturated carbocycles. The molecule has 1 heterocycles. The summed E-state index contributed by atoms with van der Waals surface area (Å²) in [6.07, 6.45) is 3.01. The predicted octanol–water partition coefficient (Wildman–Crippen LogP) is 0.793. The second kappa shape index (κ2) is 8.21. The molecule has 1 atom stereocenters. The second-order valence-electron chi connectivity index (χ2n) is 4.62. The maximum Gasteiger partial charge on any atom is 0.469 e. The standard InChI is InChI=1S/C12H20N3O6P/c1-8(3-4-13)21-15-6-11-10(7-20-22(17,18)19)5-14-9(2)12(11)16/h5-6,8,16H,3-4,7,13H2,1-2H3,(H2,17,18,19)/b15-6+. The molecular weight excluding hydrogens is 313 g/mol. The van der Waals surface area contributed by atoms with Crippen molar-refractivity contribution in [3.63, 3.8) is 0 Å². The van der Waals surface area contributed by atoms with Crippen molar-refractivity contribution in [2.24, 2.45) is 10.9 Å². The third-order valence-corrected chi connectivity index (χ3v) is 3.21. The lowest BCUT2D eigenvalue weighted by molar-refractivity contribution is 0.0694. The minimum absolute atomic E-state index is 0.161. The van der Waals surface area contributed by atoms with Crippen LogP contribution >= 0.6 is 7.82 Å². The second-order valence-corrected chi connectivity index (χ2v) is 5.86. The summed E-state index contributed by atoms with van der Waals surface area (Å²) in [6, 6.07) is 0. The Bertz CT molecular complexity index is 574. The molecule has 0 bridgehead atoms. The molecule has 10 heteroatoms. The van der Waals surface area contributed by atoms with E-state index in [9.17, 15) is 9.67 Å².